The van der Waals surface area contributed by atoms with Crippen LogP contribution in [0.2, 0.25) is 0 Å². The van der Waals surface area contributed by atoms with Crippen molar-refractivity contribution in [3.8, 4) is 17.5 Å². The number of aromatic nitrogens is 4. The second-order valence-corrected chi connectivity index (χ2v) is 8.33. The third kappa shape index (κ3) is 4.85. The Kier molecular flexibility index (Phi) is 6.58. The Bertz CT molecular complexity index is 1250. The normalized spacial score (nSPS) is 11.5. The first-order valence-electron chi connectivity index (χ1n) is 10.00. The van der Waals surface area contributed by atoms with Crippen molar-refractivity contribution in [3.63, 3.8) is 0 Å². The lowest BCUT2D eigenvalue weighted by atomic mass is 10.2. The van der Waals surface area contributed by atoms with Gasteiger partial charge in [0, 0.05) is 18.0 Å². The number of nitrogens with one attached hydrogen (secondary N) is 1. The molecule has 4 rings (SSSR count). The van der Waals surface area contributed by atoms with Crippen LogP contribution in [-0.4, -0.2) is 30.9 Å². The summed E-state index contributed by atoms with van der Waals surface area (Å²) in [6, 6.07) is 22.8. The quantitative estimate of drug-likeness (QED) is 0.429. The van der Waals surface area contributed by atoms with E-state index in [1.165, 1.54) is 11.8 Å². The number of nitriles is 1. The van der Waals surface area contributed by atoms with Crippen LogP contribution in [0.3, 0.4) is 0 Å². The molecule has 32 heavy (non-hydrogen) atoms. The number of pyridine rings is 1. The van der Waals surface area contributed by atoms with Gasteiger partial charge in [-0.25, -0.2) is 0 Å². The largest absolute Gasteiger partial charge is 0.324 e. The number of amides is 1. The van der Waals surface area contributed by atoms with Gasteiger partial charge in [-0.05, 0) is 36.8 Å². The number of anilines is 1. The first-order valence-corrected chi connectivity index (χ1v) is 10.9. The Labute approximate surface area is 190 Å². The van der Waals surface area contributed by atoms with Gasteiger partial charge in [0.05, 0.1) is 23.0 Å². The molecule has 1 amide bonds. The number of benzene rings is 2. The molecular weight excluding hydrogens is 420 g/mol. The van der Waals surface area contributed by atoms with E-state index in [2.05, 4.69) is 26.6 Å². The van der Waals surface area contributed by atoms with Crippen molar-refractivity contribution in [1.29, 1.82) is 5.26 Å². The maximum absolute atomic E-state index is 12.8. The molecular formula is C24H20N6OS. The molecule has 1 unspecified atom stereocenters. The van der Waals surface area contributed by atoms with E-state index in [1.54, 1.807) is 43.6 Å². The highest BCUT2D eigenvalue weighted by Gasteiger charge is 2.22. The van der Waals surface area contributed by atoms with E-state index in [-0.39, 0.29) is 5.91 Å². The van der Waals surface area contributed by atoms with Crippen LogP contribution in [0.25, 0.3) is 11.4 Å². The highest BCUT2D eigenvalue weighted by atomic mass is 32.2. The monoisotopic (exact) mass is 440 g/mol. The topological polar surface area (TPSA) is 96.5 Å². The van der Waals surface area contributed by atoms with Crippen molar-refractivity contribution < 1.29 is 4.79 Å². The summed E-state index contributed by atoms with van der Waals surface area (Å²) in [6.45, 7) is 2.37. The van der Waals surface area contributed by atoms with Gasteiger partial charge in [-0.2, -0.15) is 5.26 Å². The van der Waals surface area contributed by atoms with Crippen LogP contribution < -0.4 is 5.32 Å². The van der Waals surface area contributed by atoms with Crippen LogP contribution in [0.5, 0.6) is 0 Å². The summed E-state index contributed by atoms with van der Waals surface area (Å²) in [5.74, 6) is 0.474. The third-order valence-corrected chi connectivity index (χ3v) is 5.86. The number of hydrogen-bond acceptors (Lipinski definition) is 6. The molecule has 8 heteroatoms. The summed E-state index contributed by atoms with van der Waals surface area (Å²) in [4.78, 5) is 17.0. The van der Waals surface area contributed by atoms with Gasteiger partial charge in [0.25, 0.3) is 0 Å². The summed E-state index contributed by atoms with van der Waals surface area (Å²) in [7, 11) is 0. The number of hydrogen-bond donors (Lipinski definition) is 1. The van der Waals surface area contributed by atoms with E-state index in [9.17, 15) is 10.1 Å². The fraction of sp³-hybridized carbons (Fsp3) is 0.125. The molecule has 0 saturated carbocycles. The molecule has 158 valence electrons. The predicted molar refractivity (Wildman–Crippen MR) is 124 cm³/mol. The van der Waals surface area contributed by atoms with Crippen molar-refractivity contribution in [3.05, 3.63) is 90.3 Å². The fourth-order valence-corrected chi connectivity index (χ4v) is 3.98. The molecule has 1 N–H and O–H groups in total. The van der Waals surface area contributed by atoms with Crippen LogP contribution >= 0.6 is 11.8 Å². The molecule has 4 aromatic rings. The number of carbonyl (C=O) groups excluding carboxylic acids is 1. The number of carbonyl (C=O) groups is 1. The average Bonchev–Trinajstić information content (AvgIpc) is 3.22. The van der Waals surface area contributed by atoms with Crippen molar-refractivity contribution in [2.75, 3.05) is 5.32 Å². The molecule has 0 aliphatic carbocycles. The molecule has 0 saturated heterocycles. The molecule has 2 aromatic carbocycles. The van der Waals surface area contributed by atoms with Gasteiger partial charge >= 0.3 is 0 Å². The van der Waals surface area contributed by atoms with Gasteiger partial charge in [-0.3, -0.25) is 14.3 Å². The lowest BCUT2D eigenvalue weighted by Crippen LogP contribution is -2.23. The number of nitrogens with zero attached hydrogens (tertiary/aromatic N) is 5. The van der Waals surface area contributed by atoms with E-state index >= 15 is 0 Å². The first-order chi connectivity index (χ1) is 15.7. The van der Waals surface area contributed by atoms with Crippen LogP contribution in [-0.2, 0) is 11.3 Å². The van der Waals surface area contributed by atoms with Gasteiger partial charge < -0.3 is 5.32 Å². The molecule has 0 spiro atoms. The molecule has 2 aromatic heterocycles. The van der Waals surface area contributed by atoms with Gasteiger partial charge in [-0.1, -0.05) is 54.2 Å². The minimum Gasteiger partial charge on any atom is -0.324 e. The lowest BCUT2D eigenvalue weighted by Gasteiger charge is -2.14. The molecule has 0 fully saturated rings. The molecule has 0 aliphatic heterocycles. The zero-order valence-corrected chi connectivity index (χ0v) is 18.2. The SMILES string of the molecule is CC(Sc1nnc(-c2cccnc2)n1Cc1ccccc1)C(=O)Nc1ccccc1C#N. The van der Waals surface area contributed by atoms with Crippen molar-refractivity contribution >= 4 is 23.4 Å². The highest BCUT2D eigenvalue weighted by molar-refractivity contribution is 8.00. The van der Waals surface area contributed by atoms with Crippen LogP contribution in [0.15, 0.2) is 84.3 Å². The van der Waals surface area contributed by atoms with Crippen LogP contribution in [0, 0.1) is 11.3 Å². The van der Waals surface area contributed by atoms with Gasteiger partial charge in [-0.15, -0.1) is 10.2 Å². The predicted octanol–water partition coefficient (Wildman–Crippen LogP) is 4.38. The number of para-hydroxylation sites is 1. The summed E-state index contributed by atoms with van der Waals surface area (Å²) in [6.07, 6.45) is 3.46. The summed E-state index contributed by atoms with van der Waals surface area (Å²) in [5.41, 5.74) is 2.86. The minimum absolute atomic E-state index is 0.213. The Morgan fingerprint density at radius 1 is 1.09 bits per heavy atom. The summed E-state index contributed by atoms with van der Waals surface area (Å²) < 4.78 is 1.99. The van der Waals surface area contributed by atoms with E-state index in [4.69, 9.17) is 0 Å². The Morgan fingerprint density at radius 2 is 1.88 bits per heavy atom. The smallest absolute Gasteiger partial charge is 0.237 e. The standard InChI is InChI=1S/C24H20N6OS/c1-17(23(31)27-21-12-6-5-10-19(21)14-25)32-24-29-28-22(20-11-7-13-26-15-20)30(24)16-18-8-3-2-4-9-18/h2-13,15,17H,16H2,1H3,(H,27,31). The van der Waals surface area contributed by atoms with Crippen molar-refractivity contribution in [2.24, 2.45) is 0 Å². The first kappa shape index (κ1) is 21.3. The molecule has 1 atom stereocenters. The molecule has 2 heterocycles. The van der Waals surface area contributed by atoms with Gasteiger partial charge in [0.1, 0.15) is 6.07 Å². The second kappa shape index (κ2) is 9.90. The second-order valence-electron chi connectivity index (χ2n) is 7.03. The number of thioether (sulfide) groups is 1. The van der Waals surface area contributed by atoms with E-state index in [1.807, 2.05) is 47.0 Å². The zero-order valence-electron chi connectivity index (χ0n) is 17.3. The maximum atomic E-state index is 12.8. The molecule has 0 bridgehead atoms. The van der Waals surface area contributed by atoms with Gasteiger partial charge in [0.15, 0.2) is 11.0 Å². The van der Waals surface area contributed by atoms with Crippen LogP contribution in [0.1, 0.15) is 18.1 Å². The van der Waals surface area contributed by atoms with E-state index in [0.717, 1.165) is 11.1 Å². The highest BCUT2D eigenvalue weighted by Crippen LogP contribution is 2.28. The van der Waals surface area contributed by atoms with E-state index in [0.29, 0.717) is 28.8 Å². The molecule has 7 nitrogen and oxygen atoms in total. The Morgan fingerprint density at radius 3 is 2.62 bits per heavy atom. The average molecular weight is 441 g/mol. The van der Waals surface area contributed by atoms with Gasteiger partial charge in [0.2, 0.25) is 5.91 Å². The number of rotatable bonds is 7. The summed E-state index contributed by atoms with van der Waals surface area (Å²) >= 11 is 1.32. The molecule has 0 radical (unpaired) electrons. The minimum atomic E-state index is -0.456. The maximum Gasteiger partial charge on any atom is 0.237 e. The Hall–Kier alpha value is -3.96. The Balaban J connectivity index is 1.59. The lowest BCUT2D eigenvalue weighted by molar-refractivity contribution is -0.115. The molecule has 0 aliphatic rings. The van der Waals surface area contributed by atoms with Crippen LogP contribution in [0.4, 0.5) is 5.69 Å². The van der Waals surface area contributed by atoms with E-state index < -0.39 is 5.25 Å². The van der Waals surface area contributed by atoms with Crippen molar-refractivity contribution in [2.45, 2.75) is 23.9 Å². The van der Waals surface area contributed by atoms with Crippen molar-refractivity contribution in [1.82, 2.24) is 19.7 Å². The zero-order chi connectivity index (χ0) is 22.3. The summed E-state index contributed by atoms with van der Waals surface area (Å²) in [5, 5.41) is 21.0. The fourth-order valence-electron chi connectivity index (χ4n) is 3.13. The third-order valence-electron chi connectivity index (χ3n) is 4.78.